The maximum absolute atomic E-state index is 11.6. The smallest absolute Gasteiger partial charge is 0.870 e. The zero-order valence-corrected chi connectivity index (χ0v) is 25.3. The Morgan fingerprint density at radius 2 is 1.10 bits per heavy atom. The second kappa shape index (κ2) is 19.0. The Morgan fingerprint density at radius 3 is 1.50 bits per heavy atom. The van der Waals surface area contributed by atoms with Gasteiger partial charge in [0.25, 0.3) is 0 Å². The van der Waals surface area contributed by atoms with Crippen molar-refractivity contribution in [3.63, 3.8) is 0 Å². The minimum Gasteiger partial charge on any atom is -0.870 e. The molecule has 11 heteroatoms. The zero-order valence-electron chi connectivity index (χ0n) is 21.8. The number of hydrogen-bond donors (Lipinski definition) is 1. The first-order valence-corrected chi connectivity index (χ1v) is 11.9. The van der Waals surface area contributed by atoms with Crippen LogP contribution in [0, 0.1) is 0 Å². The normalized spacial score (nSPS) is 9.28. The van der Waals surface area contributed by atoms with Gasteiger partial charge in [0.05, 0.1) is 18.2 Å². The third-order valence-corrected chi connectivity index (χ3v) is 5.52. The van der Waals surface area contributed by atoms with E-state index in [1.807, 2.05) is 60.7 Å². The molecule has 7 nitrogen and oxygen atoms in total. The number of rotatable bonds is 8. The molecule has 0 aliphatic heterocycles. The summed E-state index contributed by atoms with van der Waals surface area (Å²) >= 11 is 11.8. The van der Waals surface area contributed by atoms with E-state index in [2.05, 4.69) is 0 Å². The Labute approximate surface area is 263 Å². The quantitative estimate of drug-likeness (QED) is 0.238. The van der Waals surface area contributed by atoms with Crippen molar-refractivity contribution in [3.8, 4) is 11.5 Å². The van der Waals surface area contributed by atoms with Crippen molar-refractivity contribution in [1.82, 2.24) is 0 Å². The molecule has 40 heavy (non-hydrogen) atoms. The van der Waals surface area contributed by atoms with Gasteiger partial charge in [0, 0.05) is 21.2 Å². The van der Waals surface area contributed by atoms with Crippen molar-refractivity contribution in [2.75, 3.05) is 7.11 Å². The van der Waals surface area contributed by atoms with Crippen LogP contribution in [0.15, 0.2) is 97.1 Å². The molecule has 0 spiro atoms. The zero-order chi connectivity index (χ0) is 26.6. The van der Waals surface area contributed by atoms with Crippen LogP contribution in [0.1, 0.15) is 31.8 Å². The summed E-state index contributed by atoms with van der Waals surface area (Å²) in [5, 5.41) is 10.1. The van der Waals surface area contributed by atoms with Gasteiger partial charge in [0.1, 0.15) is 24.7 Å². The summed E-state index contributed by atoms with van der Waals surface area (Å²) in [7, 11) is 1.35. The van der Waals surface area contributed by atoms with Crippen molar-refractivity contribution in [2.45, 2.75) is 13.2 Å². The maximum atomic E-state index is 11.6. The molecule has 0 aliphatic rings. The molecular weight excluding hydrogens is 573 g/mol. The van der Waals surface area contributed by atoms with Crippen molar-refractivity contribution in [1.29, 1.82) is 0 Å². The number of aromatic carboxylic acids is 1. The van der Waals surface area contributed by atoms with Crippen LogP contribution in [0.3, 0.4) is 0 Å². The van der Waals surface area contributed by atoms with Gasteiger partial charge in [-0.15, -0.1) is 0 Å². The van der Waals surface area contributed by atoms with Crippen LogP contribution in [0.4, 0.5) is 4.70 Å². The fourth-order valence-electron chi connectivity index (χ4n) is 3.24. The van der Waals surface area contributed by atoms with Crippen molar-refractivity contribution < 1.29 is 68.6 Å². The van der Waals surface area contributed by atoms with E-state index in [1.165, 1.54) is 13.2 Å². The van der Waals surface area contributed by atoms with Gasteiger partial charge in [-0.3, -0.25) is 4.70 Å². The number of benzene rings is 4. The summed E-state index contributed by atoms with van der Waals surface area (Å²) in [4.78, 5) is 22.7. The molecule has 4 rings (SSSR count). The number of carbonyl (C=O) groups excluding carboxylic acids is 1. The number of carboxylic acid groups (broad SMARTS) is 1. The standard InChI is InChI=1S/C15H13ClO3.C14H11ClO3.FH.Na.H2O/c1-18-15(17)14-8-7-12(16)9-11(14)10-19-13-5-3-2-4-6-13;15-11-6-7-13(14(16)17)10(8-11)9-18-12-4-2-1-3-5-12;;;/h2-9H,10H2,1H3;1-8H,9H2,(H,16,17);1H;;1H2/q;;;+1;/p-1. The third kappa shape index (κ3) is 11.6. The number of para-hydroxylation sites is 2. The van der Waals surface area contributed by atoms with E-state index in [0.29, 0.717) is 32.5 Å². The largest absolute Gasteiger partial charge is 1.00 e. The molecule has 4 aromatic carbocycles. The molecule has 0 saturated heterocycles. The summed E-state index contributed by atoms with van der Waals surface area (Å²) < 4.78 is 15.9. The van der Waals surface area contributed by atoms with Crippen LogP contribution in [-0.4, -0.2) is 29.6 Å². The summed E-state index contributed by atoms with van der Waals surface area (Å²) in [6.45, 7) is 0.432. The topological polar surface area (TPSA) is 112 Å². The molecule has 0 aromatic heterocycles. The maximum Gasteiger partial charge on any atom is 1.00 e. The Bertz CT molecular complexity index is 1340. The molecule has 0 amide bonds. The molecule has 0 radical (unpaired) electrons. The molecule has 206 valence electrons. The minimum absolute atomic E-state index is 0. The van der Waals surface area contributed by atoms with Gasteiger partial charge in [-0.1, -0.05) is 59.6 Å². The van der Waals surface area contributed by atoms with Crippen molar-refractivity contribution in [2.24, 2.45) is 0 Å². The monoisotopic (exact) mass is 598 g/mol. The number of halogens is 3. The summed E-state index contributed by atoms with van der Waals surface area (Å²) in [5.41, 5.74) is 1.92. The van der Waals surface area contributed by atoms with E-state index in [9.17, 15) is 9.59 Å². The molecule has 0 aliphatic carbocycles. The fraction of sp³-hybridized carbons (Fsp3) is 0.103. The number of hydrogen-bond acceptors (Lipinski definition) is 6. The van der Waals surface area contributed by atoms with Crippen LogP contribution in [0.25, 0.3) is 0 Å². The number of carbonyl (C=O) groups is 2. The van der Waals surface area contributed by atoms with Crippen LogP contribution in [0.5, 0.6) is 11.5 Å². The first-order chi connectivity index (χ1) is 17.9. The average Bonchev–Trinajstić information content (AvgIpc) is 2.92. The van der Waals surface area contributed by atoms with Gasteiger partial charge >= 0.3 is 41.5 Å². The van der Waals surface area contributed by atoms with E-state index in [4.69, 9.17) is 42.5 Å². The second-order valence-electron chi connectivity index (χ2n) is 7.60. The Balaban J connectivity index is 0.000000708. The van der Waals surface area contributed by atoms with E-state index < -0.39 is 11.9 Å². The van der Waals surface area contributed by atoms with E-state index >= 15 is 0 Å². The van der Waals surface area contributed by atoms with Crippen LogP contribution in [0.2, 0.25) is 10.0 Å². The molecule has 0 saturated carbocycles. The summed E-state index contributed by atoms with van der Waals surface area (Å²) in [5.74, 6) is 0.0359. The number of carboxylic acids is 1. The number of ether oxygens (including phenoxy) is 3. The Morgan fingerprint density at radius 1 is 0.700 bits per heavy atom. The number of methoxy groups -OCH3 is 1. The molecule has 0 heterocycles. The van der Waals surface area contributed by atoms with Crippen LogP contribution < -0.4 is 39.0 Å². The molecule has 4 aromatic rings. The second-order valence-corrected chi connectivity index (χ2v) is 8.48. The minimum atomic E-state index is -0.988. The Kier molecular flexibility index (Phi) is 17.6. The predicted octanol–water partition coefficient (Wildman–Crippen LogP) is 4.30. The summed E-state index contributed by atoms with van der Waals surface area (Å²) in [6, 6.07) is 28.2. The van der Waals surface area contributed by atoms with Gasteiger partial charge in [-0.25, -0.2) is 9.59 Å². The van der Waals surface area contributed by atoms with Crippen molar-refractivity contribution >= 4 is 35.1 Å². The van der Waals surface area contributed by atoms with Crippen molar-refractivity contribution in [3.05, 3.63) is 129 Å². The summed E-state index contributed by atoms with van der Waals surface area (Å²) in [6.07, 6.45) is 0. The third-order valence-electron chi connectivity index (χ3n) is 5.05. The Hall–Kier alpha value is -3.11. The number of esters is 1. The SMILES string of the molecule is COC(=O)c1ccc(Cl)cc1COc1ccccc1.F.O=C(O)c1ccc(Cl)cc1COc1ccccc1.[Na+].[OH-]. The van der Waals surface area contributed by atoms with E-state index in [1.54, 1.807) is 30.3 Å². The molecule has 0 unspecified atom stereocenters. The van der Waals surface area contributed by atoms with E-state index in [0.717, 1.165) is 5.75 Å². The van der Waals surface area contributed by atoms with Crippen LogP contribution in [-0.2, 0) is 18.0 Å². The van der Waals surface area contributed by atoms with Gasteiger partial charge < -0.3 is 24.8 Å². The first-order valence-electron chi connectivity index (χ1n) is 11.1. The molecule has 0 bridgehead atoms. The van der Waals surface area contributed by atoms with Gasteiger partial charge in [0.15, 0.2) is 0 Å². The van der Waals surface area contributed by atoms with Crippen LogP contribution >= 0.6 is 23.2 Å². The first kappa shape index (κ1) is 36.9. The molecular formula is C29H26Cl2FNaO7. The van der Waals surface area contributed by atoms with Gasteiger partial charge in [-0.05, 0) is 60.7 Å². The molecule has 2 N–H and O–H groups in total. The van der Waals surface area contributed by atoms with E-state index in [-0.39, 0.29) is 58.5 Å². The average molecular weight is 599 g/mol. The predicted molar refractivity (Wildman–Crippen MR) is 147 cm³/mol. The van der Waals surface area contributed by atoms with Gasteiger partial charge in [0.2, 0.25) is 0 Å². The molecule has 0 atom stereocenters. The van der Waals surface area contributed by atoms with Gasteiger partial charge in [-0.2, -0.15) is 0 Å². The molecule has 0 fully saturated rings. The fourth-order valence-corrected chi connectivity index (χ4v) is 3.63.